The van der Waals surface area contributed by atoms with E-state index < -0.39 is 17.7 Å². The van der Waals surface area contributed by atoms with Gasteiger partial charge in [-0.2, -0.15) is 15.3 Å². The molecular weight excluding hydrogens is 1170 g/mol. The molecule has 3 saturated heterocycles. The van der Waals surface area contributed by atoms with Crippen LogP contribution in [0.4, 0.5) is 17.5 Å². The first-order chi connectivity index (χ1) is 43.8. The number of primary amides is 3. The molecule has 3 aromatic heterocycles. The number of rotatable bonds is 17. The van der Waals surface area contributed by atoms with Gasteiger partial charge in [0, 0.05) is 72.2 Å². The van der Waals surface area contributed by atoms with E-state index in [1.807, 2.05) is 107 Å². The van der Waals surface area contributed by atoms with Gasteiger partial charge in [-0.3, -0.25) is 28.8 Å². The Balaban J connectivity index is 0.000000151. The first-order valence-corrected chi connectivity index (χ1v) is 31.0. The van der Waals surface area contributed by atoms with E-state index in [4.69, 9.17) is 48.6 Å². The molecule has 24 heteroatoms. The van der Waals surface area contributed by atoms with E-state index in [-0.39, 0.29) is 92.6 Å². The van der Waals surface area contributed by atoms with Crippen LogP contribution in [0.25, 0.3) is 33.8 Å². The highest BCUT2D eigenvalue weighted by atomic mass is 16.5. The number of nitrogens with two attached hydrogens (primary N) is 6. The van der Waals surface area contributed by atoms with E-state index in [9.17, 15) is 28.8 Å². The van der Waals surface area contributed by atoms with Gasteiger partial charge in [-0.05, 0) is 177 Å². The summed E-state index contributed by atoms with van der Waals surface area (Å²) in [5.41, 5.74) is 40.5. The second-order valence-electron chi connectivity index (χ2n) is 25.7. The van der Waals surface area contributed by atoms with Crippen molar-refractivity contribution >= 4 is 52.9 Å². The largest absolute Gasteiger partial charge is 0.494 e. The van der Waals surface area contributed by atoms with Crippen LogP contribution in [0, 0.1) is 39.9 Å². The van der Waals surface area contributed by atoms with Crippen molar-refractivity contribution in [3.8, 4) is 74.7 Å². The standard InChI is InChI=1S/2C23H27N5O3.C22H27N5O3/c1-4-5-18(29)27-12-23(13-27)10-16(11-23)28-21(24)19(22(25)30)20(26-28)15-6-8-17(9-7-15)31-14(2)3;1-3-5-18(29)27-13-23(14-27)11-16(12-23)28-21(24)19(22(25)30)20(26-28)15-6-8-17(9-7-15)31-10-4-2;1-4-17(28)26-11-22(12-26)9-15(10-22)27-20(23)18(21(24)29)19(25-27)14-5-7-16(8-6-14)30-13(2)3/h6-9,14,16H,10-13,24H2,1-3H3,(H2,25,30);6-9,16H,4,10-14,24H2,1-2H3,(H2,25,30);4-8,13,15H,1,9-12,23H2,2-3H3,(H2,24,29). The number of nitrogen functional groups attached to an aromatic ring is 3. The van der Waals surface area contributed by atoms with E-state index >= 15 is 0 Å². The van der Waals surface area contributed by atoms with Gasteiger partial charge in [0.1, 0.15) is 68.5 Å². The molecule has 3 saturated carbocycles. The summed E-state index contributed by atoms with van der Waals surface area (Å²) in [7, 11) is 0. The third kappa shape index (κ3) is 12.9. The van der Waals surface area contributed by atoms with Crippen molar-refractivity contribution in [1.82, 2.24) is 44.0 Å². The highest BCUT2D eigenvalue weighted by molar-refractivity contribution is 6.05. The van der Waals surface area contributed by atoms with E-state index in [1.54, 1.807) is 42.6 Å². The molecule has 3 aromatic carbocycles. The van der Waals surface area contributed by atoms with Crippen molar-refractivity contribution in [3.63, 3.8) is 0 Å². The van der Waals surface area contributed by atoms with Gasteiger partial charge in [-0.25, -0.2) is 14.0 Å². The molecule has 24 nitrogen and oxygen atoms in total. The number of aromatic nitrogens is 6. The van der Waals surface area contributed by atoms with Crippen LogP contribution >= 0.6 is 0 Å². The molecule has 482 valence electrons. The van der Waals surface area contributed by atoms with Crippen LogP contribution in [0.5, 0.6) is 17.2 Å². The van der Waals surface area contributed by atoms with Crippen molar-refractivity contribution in [2.75, 3.05) is 63.1 Å². The lowest BCUT2D eigenvalue weighted by molar-refractivity contribution is -0.149. The van der Waals surface area contributed by atoms with Crippen LogP contribution in [-0.2, 0) is 14.4 Å². The molecule has 6 aliphatic rings. The fraction of sp³-hybridized carbons (Fsp3) is 0.426. The normalized spacial score (nSPS) is 17.1. The summed E-state index contributed by atoms with van der Waals surface area (Å²) in [4.78, 5) is 77.2. The lowest BCUT2D eigenvalue weighted by Gasteiger charge is -2.58. The smallest absolute Gasteiger partial charge is 0.298 e. The molecule has 12 N–H and O–H groups in total. The molecule has 0 bridgehead atoms. The number of nitrogens with zero attached hydrogens (tertiary/aromatic N) is 9. The number of hydrogen-bond acceptors (Lipinski definition) is 15. The average Bonchev–Trinajstić information content (AvgIpc) is 1.09. The average molecular weight is 1250 g/mol. The molecular formula is C68H81N15O9. The van der Waals surface area contributed by atoms with E-state index in [0.717, 1.165) is 92.0 Å². The second kappa shape index (κ2) is 25.9. The summed E-state index contributed by atoms with van der Waals surface area (Å²) in [6, 6.07) is 22.4. The lowest BCUT2D eigenvalue weighted by Crippen LogP contribution is -2.63. The maximum Gasteiger partial charge on any atom is 0.298 e. The van der Waals surface area contributed by atoms with Crippen LogP contribution in [0.2, 0.25) is 0 Å². The number of benzene rings is 3. The van der Waals surface area contributed by atoms with Crippen molar-refractivity contribution in [3.05, 3.63) is 102 Å². The fourth-order valence-electron chi connectivity index (χ4n) is 13.7. The van der Waals surface area contributed by atoms with Gasteiger partial charge < -0.3 is 63.3 Å². The number of carbonyl (C=O) groups excluding carboxylic acids is 6. The first kappa shape index (κ1) is 64.7. The Hall–Kier alpha value is -10.2. The molecule has 3 spiro atoms. The molecule has 0 atom stereocenters. The highest BCUT2D eigenvalue weighted by Crippen LogP contribution is 2.57. The molecule has 12 rings (SSSR count). The molecule has 3 aliphatic carbocycles. The van der Waals surface area contributed by atoms with Gasteiger partial charge >= 0.3 is 0 Å². The van der Waals surface area contributed by atoms with E-state index in [0.29, 0.717) is 55.7 Å². The number of hydrogen-bond donors (Lipinski definition) is 6. The molecule has 92 heavy (non-hydrogen) atoms. The lowest BCUT2D eigenvalue weighted by atomic mass is 9.60. The van der Waals surface area contributed by atoms with Crippen LogP contribution < -0.4 is 48.6 Å². The van der Waals surface area contributed by atoms with E-state index in [1.165, 1.54) is 6.08 Å². The van der Waals surface area contributed by atoms with Crippen LogP contribution in [0.15, 0.2) is 85.5 Å². The number of anilines is 3. The minimum atomic E-state index is -0.603. The van der Waals surface area contributed by atoms with Gasteiger partial charge in [0.25, 0.3) is 29.5 Å². The van der Waals surface area contributed by atoms with Gasteiger partial charge in [-0.1, -0.05) is 25.3 Å². The third-order valence-corrected chi connectivity index (χ3v) is 17.9. The zero-order valence-electron chi connectivity index (χ0n) is 53.2. The Labute approximate surface area is 534 Å². The fourth-order valence-corrected chi connectivity index (χ4v) is 13.7. The second-order valence-corrected chi connectivity index (χ2v) is 25.7. The summed E-state index contributed by atoms with van der Waals surface area (Å²) in [5, 5.41) is 14.0. The third-order valence-electron chi connectivity index (χ3n) is 17.9. The molecule has 6 amide bonds. The Bertz CT molecular complexity index is 3950. The van der Waals surface area contributed by atoms with Crippen molar-refractivity contribution < 1.29 is 43.0 Å². The summed E-state index contributed by atoms with van der Waals surface area (Å²) < 4.78 is 22.1. The Morgan fingerprint density at radius 2 is 0.815 bits per heavy atom. The summed E-state index contributed by atoms with van der Waals surface area (Å²) in [6.45, 7) is 21.6. The van der Waals surface area contributed by atoms with Crippen molar-refractivity contribution in [2.45, 2.75) is 124 Å². The summed E-state index contributed by atoms with van der Waals surface area (Å²) in [5.74, 6) is 11.5. The molecule has 3 aliphatic heterocycles. The minimum Gasteiger partial charge on any atom is -0.494 e. The molecule has 6 fully saturated rings. The highest BCUT2D eigenvalue weighted by Gasteiger charge is 2.57. The maximum atomic E-state index is 12.2. The minimum absolute atomic E-state index is 0.0362. The zero-order chi connectivity index (χ0) is 66.1. The molecule has 6 aromatic rings. The predicted molar refractivity (Wildman–Crippen MR) is 348 cm³/mol. The van der Waals surface area contributed by atoms with Crippen LogP contribution in [0.1, 0.15) is 143 Å². The molecule has 0 unspecified atom stereocenters. The van der Waals surface area contributed by atoms with Crippen LogP contribution in [-0.4, -0.2) is 138 Å². The van der Waals surface area contributed by atoms with Gasteiger partial charge in [0.2, 0.25) is 5.91 Å². The summed E-state index contributed by atoms with van der Waals surface area (Å²) in [6.07, 6.45) is 7.53. The monoisotopic (exact) mass is 1250 g/mol. The SMILES string of the molecule is C=CC(=O)N1CC2(CC(n3nc(-c4ccc(OC(C)C)cc4)c(C(N)=O)c3N)C2)C1.CC#CC(=O)N1CC2(CC(n3nc(-c4ccc(OC(C)C)cc4)c(C(N)=O)c3N)C2)C1.CC#CC(=O)N1CC2(CC(n3nc(-c4ccc(OCCC)cc4)c(C(N)=O)c3N)C2)C1. The maximum absolute atomic E-state index is 12.2. The Morgan fingerprint density at radius 1 is 0.522 bits per heavy atom. The van der Waals surface area contributed by atoms with Crippen molar-refractivity contribution in [2.24, 2.45) is 33.4 Å². The Kier molecular flexibility index (Phi) is 18.3. The van der Waals surface area contributed by atoms with Gasteiger partial charge in [0.05, 0.1) is 36.9 Å². The number of likely N-dealkylation sites (tertiary alicyclic amines) is 3. The quantitative estimate of drug-likeness (QED) is 0.0405. The molecule has 0 radical (unpaired) electrons. The predicted octanol–water partition coefficient (Wildman–Crippen LogP) is 6.78. The van der Waals surface area contributed by atoms with Crippen LogP contribution in [0.3, 0.4) is 0 Å². The molecule has 6 heterocycles. The first-order valence-electron chi connectivity index (χ1n) is 31.0. The summed E-state index contributed by atoms with van der Waals surface area (Å²) >= 11 is 0. The Morgan fingerprint density at radius 3 is 1.08 bits per heavy atom. The number of carbonyl (C=O) groups is 6. The number of ether oxygens (including phenoxy) is 3. The zero-order valence-corrected chi connectivity index (χ0v) is 53.2. The van der Waals surface area contributed by atoms with Gasteiger partial charge in [-0.15, -0.1) is 0 Å². The number of amides is 6. The van der Waals surface area contributed by atoms with E-state index in [2.05, 4.69) is 45.6 Å². The topological polar surface area (TPSA) is 349 Å². The van der Waals surface area contributed by atoms with Gasteiger partial charge in [0.15, 0.2) is 0 Å². The van der Waals surface area contributed by atoms with Crippen molar-refractivity contribution in [1.29, 1.82) is 0 Å².